The average Bonchev–Trinajstić information content (AvgIpc) is 3.32. The van der Waals surface area contributed by atoms with E-state index in [4.69, 9.17) is 9.47 Å². The van der Waals surface area contributed by atoms with Crippen molar-refractivity contribution in [2.45, 2.75) is 37.8 Å². The Morgan fingerprint density at radius 3 is 2.71 bits per heavy atom. The molecule has 3 fully saturated rings. The van der Waals surface area contributed by atoms with Crippen LogP contribution in [0.5, 0.6) is 6.01 Å². The van der Waals surface area contributed by atoms with Crippen molar-refractivity contribution in [1.29, 1.82) is 0 Å². The van der Waals surface area contributed by atoms with Crippen LogP contribution in [0.15, 0.2) is 11.9 Å². The summed E-state index contributed by atoms with van der Waals surface area (Å²) in [5.74, 6) is 0.0486. The Hall–Kier alpha value is -3.21. The minimum Gasteiger partial charge on any atom is -0.460 e. The highest BCUT2D eigenvalue weighted by Crippen LogP contribution is 2.26. The summed E-state index contributed by atoms with van der Waals surface area (Å²) in [7, 11) is 0. The van der Waals surface area contributed by atoms with Crippen LogP contribution in [-0.4, -0.2) is 56.9 Å². The van der Waals surface area contributed by atoms with Gasteiger partial charge in [0.2, 0.25) is 5.95 Å². The van der Waals surface area contributed by atoms with Crippen molar-refractivity contribution in [2.24, 2.45) is 0 Å². The number of carbonyl (C=O) groups is 2. The van der Waals surface area contributed by atoms with Crippen LogP contribution >= 0.6 is 0 Å². The first-order valence-corrected chi connectivity index (χ1v) is 9.26. The fourth-order valence-electron chi connectivity index (χ4n) is 3.11. The number of rotatable bonds is 5. The zero-order valence-electron chi connectivity index (χ0n) is 15.0. The lowest BCUT2D eigenvalue weighted by molar-refractivity contribution is -0.115. The van der Waals surface area contributed by atoms with Crippen LogP contribution in [-0.2, 0) is 9.53 Å². The molecule has 1 saturated carbocycles. The van der Waals surface area contributed by atoms with Gasteiger partial charge in [0.25, 0.3) is 5.91 Å². The van der Waals surface area contributed by atoms with Crippen LogP contribution in [0.1, 0.15) is 31.2 Å². The molecule has 2 aliphatic heterocycles. The van der Waals surface area contributed by atoms with Crippen LogP contribution in [0.2, 0.25) is 0 Å². The summed E-state index contributed by atoms with van der Waals surface area (Å²) in [6.07, 6.45) is 6.82. The van der Waals surface area contributed by atoms with E-state index in [9.17, 15) is 9.59 Å². The number of hydrogen-bond acceptors (Lipinski definition) is 8. The Labute approximate surface area is 159 Å². The largest absolute Gasteiger partial charge is 0.460 e. The molecular formula is C17H19N7O4. The summed E-state index contributed by atoms with van der Waals surface area (Å²) in [4.78, 5) is 32.2. The molecule has 3 amide bonds. The Morgan fingerprint density at radius 1 is 1.18 bits per heavy atom. The van der Waals surface area contributed by atoms with Crippen molar-refractivity contribution in [1.82, 2.24) is 30.2 Å². The van der Waals surface area contributed by atoms with Gasteiger partial charge in [-0.1, -0.05) is 0 Å². The van der Waals surface area contributed by atoms with Crippen LogP contribution in [0.4, 0.5) is 10.7 Å². The van der Waals surface area contributed by atoms with E-state index in [0.29, 0.717) is 36.4 Å². The summed E-state index contributed by atoms with van der Waals surface area (Å²) in [5, 5.41) is 12.3. The third-order valence-electron chi connectivity index (χ3n) is 4.75. The first-order valence-electron chi connectivity index (χ1n) is 9.26. The summed E-state index contributed by atoms with van der Waals surface area (Å²) in [5.41, 5.74) is 1.20. The van der Waals surface area contributed by atoms with Gasteiger partial charge in [0.05, 0.1) is 19.4 Å². The molecule has 5 rings (SSSR count). The zero-order chi connectivity index (χ0) is 19.1. The fourth-order valence-corrected chi connectivity index (χ4v) is 3.11. The molecule has 4 heterocycles. The second kappa shape index (κ2) is 6.75. The van der Waals surface area contributed by atoms with E-state index in [0.717, 1.165) is 25.7 Å². The fraction of sp³-hybridized carbons (Fsp3) is 0.471. The van der Waals surface area contributed by atoms with Crippen LogP contribution in [0, 0.1) is 0 Å². The molecule has 146 valence electrons. The molecule has 3 aliphatic rings. The highest BCUT2D eigenvalue weighted by Gasteiger charge is 2.26. The summed E-state index contributed by atoms with van der Waals surface area (Å²) in [6.45, 7) is 1.30. The highest BCUT2D eigenvalue weighted by atomic mass is 16.5. The van der Waals surface area contributed by atoms with Crippen molar-refractivity contribution in [2.75, 3.05) is 18.5 Å². The van der Waals surface area contributed by atoms with Gasteiger partial charge < -0.3 is 20.1 Å². The second-order valence-corrected chi connectivity index (χ2v) is 6.98. The van der Waals surface area contributed by atoms with Gasteiger partial charge in [-0.25, -0.2) is 4.79 Å². The normalized spacial score (nSPS) is 21.8. The van der Waals surface area contributed by atoms with Crippen molar-refractivity contribution in [3.05, 3.63) is 17.5 Å². The van der Waals surface area contributed by atoms with Gasteiger partial charge in [-0.2, -0.15) is 19.6 Å². The lowest BCUT2D eigenvalue weighted by atomic mass is 10.2. The van der Waals surface area contributed by atoms with Crippen molar-refractivity contribution >= 4 is 29.6 Å². The Balaban J connectivity index is 1.52. The second-order valence-electron chi connectivity index (χ2n) is 6.98. The number of amides is 3. The number of nitrogens with one attached hydrogen (secondary N) is 3. The van der Waals surface area contributed by atoms with E-state index in [1.54, 1.807) is 10.7 Å². The Kier molecular flexibility index (Phi) is 4.08. The van der Waals surface area contributed by atoms with Gasteiger partial charge in [0, 0.05) is 24.4 Å². The first-order chi connectivity index (χ1) is 13.7. The maximum atomic E-state index is 11.8. The molecule has 11 nitrogen and oxygen atoms in total. The minimum atomic E-state index is -0.554. The maximum Gasteiger partial charge on any atom is 0.326 e. The number of carbonyl (C=O) groups excluding carboxylic acids is 2. The lowest BCUT2D eigenvalue weighted by Crippen LogP contribution is -2.27. The van der Waals surface area contributed by atoms with E-state index in [-0.39, 0.29) is 17.8 Å². The molecule has 2 aromatic heterocycles. The molecule has 0 aromatic carbocycles. The van der Waals surface area contributed by atoms with Gasteiger partial charge in [0.15, 0.2) is 5.65 Å². The number of anilines is 1. The Bertz CT molecular complexity index is 975. The standard InChI is InChI=1S/C17H19N7O4/c25-14-12(20-16(26)22-14)7-9-8-18-24-13(9)21-17(23-15(24)19-10-1-2-10)28-11-3-5-27-6-4-11/h7-8,10-11H,1-6H2,(H,19,21,23)(H2,20,22,25,26)/b12-7-. The van der Waals surface area contributed by atoms with Crippen LogP contribution in [0.3, 0.4) is 0 Å². The van der Waals surface area contributed by atoms with Crippen LogP contribution < -0.4 is 20.7 Å². The SMILES string of the molecule is O=C1NC(=O)/C(=C/c2cnn3c(NC4CC4)nc(OC4CCOCC4)nc23)N1. The van der Waals surface area contributed by atoms with Crippen molar-refractivity contribution < 1.29 is 19.1 Å². The van der Waals surface area contributed by atoms with Crippen molar-refractivity contribution in [3.8, 4) is 6.01 Å². The summed E-state index contributed by atoms with van der Waals surface area (Å²) in [6, 6.07) is 0.0597. The van der Waals surface area contributed by atoms with Gasteiger partial charge in [-0.15, -0.1) is 0 Å². The highest BCUT2D eigenvalue weighted by molar-refractivity contribution is 6.14. The monoisotopic (exact) mass is 385 g/mol. The number of urea groups is 1. The predicted octanol–water partition coefficient (Wildman–Crippen LogP) is 0.437. The summed E-state index contributed by atoms with van der Waals surface area (Å²) >= 11 is 0. The molecule has 11 heteroatoms. The molecule has 1 aliphatic carbocycles. The van der Waals surface area contributed by atoms with E-state index >= 15 is 0 Å². The number of hydrogen-bond donors (Lipinski definition) is 3. The smallest absolute Gasteiger partial charge is 0.326 e. The van der Waals surface area contributed by atoms with Crippen LogP contribution in [0.25, 0.3) is 11.7 Å². The predicted molar refractivity (Wildman–Crippen MR) is 96.5 cm³/mol. The molecule has 28 heavy (non-hydrogen) atoms. The molecule has 3 N–H and O–H groups in total. The van der Waals surface area contributed by atoms with E-state index in [2.05, 4.69) is 31.0 Å². The van der Waals surface area contributed by atoms with Crippen molar-refractivity contribution in [3.63, 3.8) is 0 Å². The van der Waals surface area contributed by atoms with Gasteiger partial charge >= 0.3 is 12.0 Å². The number of fused-ring (bicyclic) bond motifs is 1. The first kappa shape index (κ1) is 16.9. The lowest BCUT2D eigenvalue weighted by Gasteiger charge is -2.22. The molecule has 0 bridgehead atoms. The van der Waals surface area contributed by atoms with E-state index in [1.807, 2.05) is 0 Å². The number of nitrogens with zero attached hydrogens (tertiary/aromatic N) is 4. The van der Waals surface area contributed by atoms with E-state index < -0.39 is 11.9 Å². The maximum absolute atomic E-state index is 11.8. The zero-order valence-corrected chi connectivity index (χ0v) is 15.0. The molecule has 0 spiro atoms. The quantitative estimate of drug-likeness (QED) is 0.499. The van der Waals surface area contributed by atoms with Gasteiger partial charge in [0.1, 0.15) is 11.8 Å². The molecule has 0 radical (unpaired) electrons. The molecular weight excluding hydrogens is 366 g/mol. The molecule has 0 unspecified atom stereocenters. The topological polar surface area (TPSA) is 132 Å². The Morgan fingerprint density at radius 2 is 2.00 bits per heavy atom. The molecule has 2 saturated heterocycles. The van der Waals surface area contributed by atoms with Gasteiger partial charge in [-0.3, -0.25) is 10.1 Å². The van der Waals surface area contributed by atoms with Gasteiger partial charge in [-0.05, 0) is 18.9 Å². The third-order valence-corrected chi connectivity index (χ3v) is 4.75. The minimum absolute atomic E-state index is 0.00500. The number of ether oxygens (including phenoxy) is 2. The molecule has 2 aromatic rings. The number of imide groups is 1. The summed E-state index contributed by atoms with van der Waals surface area (Å²) < 4.78 is 12.9. The molecule has 0 atom stereocenters. The van der Waals surface area contributed by atoms with E-state index in [1.165, 1.54) is 6.08 Å². The number of aromatic nitrogens is 4. The average molecular weight is 385 g/mol. The third kappa shape index (κ3) is 3.36.